The summed E-state index contributed by atoms with van der Waals surface area (Å²) in [5, 5.41) is 3.33. The zero-order chi connectivity index (χ0) is 10.7. The number of hydrogen-bond donors (Lipinski definition) is 0. The number of nitroso groups, excluding NO2 is 1. The first kappa shape index (κ1) is 10.4. The summed E-state index contributed by atoms with van der Waals surface area (Å²) in [6.45, 7) is 3.88. The first-order chi connectivity index (χ1) is 6.56. The second-order valence-electron chi connectivity index (χ2n) is 3.21. The van der Waals surface area contributed by atoms with E-state index in [4.69, 9.17) is 0 Å². The molecule has 0 N–H and O–H groups in total. The fourth-order valence-electron chi connectivity index (χ4n) is 1.10. The van der Waals surface area contributed by atoms with Gasteiger partial charge in [-0.2, -0.15) is 5.01 Å². The van der Waals surface area contributed by atoms with Gasteiger partial charge in [0, 0.05) is 12.6 Å². The molecule has 14 heavy (non-hydrogen) atoms. The Labute approximate surface area is 82.5 Å². The van der Waals surface area contributed by atoms with Crippen molar-refractivity contribution in [3.8, 4) is 0 Å². The van der Waals surface area contributed by atoms with Crippen molar-refractivity contribution < 1.29 is 4.79 Å². The lowest BCUT2D eigenvalue weighted by Gasteiger charge is -2.08. The number of carbonyl (C=O) groups is 1. The third-order valence-electron chi connectivity index (χ3n) is 2.17. The van der Waals surface area contributed by atoms with Gasteiger partial charge in [0.1, 0.15) is 0 Å². The fourth-order valence-corrected chi connectivity index (χ4v) is 1.10. The first-order valence-corrected chi connectivity index (χ1v) is 4.25. The van der Waals surface area contributed by atoms with Gasteiger partial charge in [0.25, 0.3) is 5.91 Å². The molecule has 0 saturated carbocycles. The summed E-state index contributed by atoms with van der Waals surface area (Å²) in [4.78, 5) is 21.6. The third kappa shape index (κ3) is 1.96. The van der Waals surface area contributed by atoms with Gasteiger partial charge in [0.05, 0.1) is 5.29 Å². The summed E-state index contributed by atoms with van der Waals surface area (Å²) < 4.78 is 0. The molecule has 0 saturated heterocycles. The van der Waals surface area contributed by atoms with Gasteiger partial charge in [0.15, 0.2) is 0 Å². The smallest absolute Gasteiger partial charge is 0.267 e. The van der Waals surface area contributed by atoms with E-state index in [9.17, 15) is 9.70 Å². The van der Waals surface area contributed by atoms with Crippen LogP contribution in [0.5, 0.6) is 0 Å². The highest BCUT2D eigenvalue weighted by molar-refractivity contribution is 5.94. The number of hydrogen-bond acceptors (Lipinski definition) is 3. The maximum absolute atomic E-state index is 11.5. The van der Waals surface area contributed by atoms with E-state index < -0.39 is 0 Å². The van der Waals surface area contributed by atoms with Crippen LogP contribution < -0.4 is 0 Å². The quantitative estimate of drug-likeness (QED) is 0.532. The van der Waals surface area contributed by atoms with E-state index in [0.717, 1.165) is 16.1 Å². The van der Waals surface area contributed by atoms with E-state index in [1.807, 2.05) is 19.9 Å². The Balaban J connectivity index is 3.02. The number of carbonyl (C=O) groups excluding carboxylic acids is 1. The predicted molar refractivity (Wildman–Crippen MR) is 53.8 cm³/mol. The largest absolute Gasteiger partial charge is 0.276 e. The zero-order valence-electron chi connectivity index (χ0n) is 8.44. The van der Waals surface area contributed by atoms with Gasteiger partial charge in [-0.25, -0.2) is 0 Å². The van der Waals surface area contributed by atoms with E-state index in [1.54, 1.807) is 12.1 Å². The van der Waals surface area contributed by atoms with Crippen molar-refractivity contribution in [3.63, 3.8) is 0 Å². The van der Waals surface area contributed by atoms with Crippen molar-refractivity contribution in [3.05, 3.63) is 39.8 Å². The molecule has 0 bridgehead atoms. The van der Waals surface area contributed by atoms with Gasteiger partial charge in [-0.3, -0.25) is 4.79 Å². The highest BCUT2D eigenvalue weighted by Gasteiger charge is 2.11. The molecule has 1 amide bonds. The average molecular weight is 192 g/mol. The van der Waals surface area contributed by atoms with Crippen LogP contribution >= 0.6 is 0 Å². The second kappa shape index (κ2) is 4.00. The third-order valence-corrected chi connectivity index (χ3v) is 2.17. The van der Waals surface area contributed by atoms with E-state index in [0.29, 0.717) is 5.56 Å². The molecule has 1 rings (SSSR count). The van der Waals surface area contributed by atoms with Crippen molar-refractivity contribution in [1.82, 2.24) is 5.01 Å². The molecule has 0 radical (unpaired) electrons. The number of aryl methyl sites for hydroxylation is 2. The van der Waals surface area contributed by atoms with Crippen LogP contribution in [0, 0.1) is 18.8 Å². The van der Waals surface area contributed by atoms with Gasteiger partial charge >= 0.3 is 0 Å². The molecule has 4 heteroatoms. The predicted octanol–water partition coefficient (Wildman–Crippen LogP) is 2.06. The Morgan fingerprint density at radius 2 is 1.93 bits per heavy atom. The van der Waals surface area contributed by atoms with Crippen LogP contribution in [0.15, 0.2) is 23.5 Å². The Hall–Kier alpha value is -1.71. The minimum Gasteiger partial charge on any atom is -0.267 e. The highest BCUT2D eigenvalue weighted by Crippen LogP contribution is 2.11. The lowest BCUT2D eigenvalue weighted by molar-refractivity contribution is 0.0796. The minimum absolute atomic E-state index is 0.386. The van der Waals surface area contributed by atoms with Crippen LogP contribution in [0.25, 0.3) is 0 Å². The molecule has 0 aliphatic heterocycles. The van der Waals surface area contributed by atoms with Crippen LogP contribution in [0.1, 0.15) is 21.5 Å². The van der Waals surface area contributed by atoms with Crippen LogP contribution in [0.3, 0.4) is 0 Å². The molecule has 0 unspecified atom stereocenters. The van der Waals surface area contributed by atoms with Crippen molar-refractivity contribution in [2.75, 3.05) is 7.05 Å². The van der Waals surface area contributed by atoms with Crippen molar-refractivity contribution in [2.45, 2.75) is 13.8 Å². The van der Waals surface area contributed by atoms with E-state index in [-0.39, 0.29) is 5.91 Å². The first-order valence-electron chi connectivity index (χ1n) is 4.25. The molecule has 74 valence electrons. The molecular weight excluding hydrogens is 180 g/mol. The van der Waals surface area contributed by atoms with Crippen molar-refractivity contribution in [1.29, 1.82) is 0 Å². The Morgan fingerprint density at radius 3 is 2.43 bits per heavy atom. The molecule has 0 spiro atoms. The molecule has 1 aromatic carbocycles. The molecule has 0 aliphatic rings. The zero-order valence-corrected chi connectivity index (χ0v) is 8.44. The summed E-state index contributed by atoms with van der Waals surface area (Å²) in [5.74, 6) is -0.386. The SMILES string of the molecule is Cc1ccc(C(=O)N(C)N=O)cc1C. The normalized spacial score (nSPS) is 9.64. The Morgan fingerprint density at radius 1 is 1.29 bits per heavy atom. The molecule has 4 nitrogen and oxygen atoms in total. The number of amides is 1. The number of benzene rings is 1. The van der Waals surface area contributed by atoms with Crippen molar-refractivity contribution in [2.24, 2.45) is 5.29 Å². The standard InChI is InChI=1S/C10H12N2O2/c1-7-4-5-9(6-8(7)2)10(13)12(3)11-14/h4-6H,1-3H3. The van der Waals surface area contributed by atoms with Crippen LogP contribution in [0.4, 0.5) is 0 Å². The lowest BCUT2D eigenvalue weighted by Crippen LogP contribution is -2.20. The Kier molecular flexibility index (Phi) is 2.96. The molecule has 1 aromatic rings. The second-order valence-corrected chi connectivity index (χ2v) is 3.21. The topological polar surface area (TPSA) is 49.7 Å². The summed E-state index contributed by atoms with van der Waals surface area (Å²) in [7, 11) is 1.34. The number of rotatable bonds is 2. The Bertz CT molecular complexity index is 374. The van der Waals surface area contributed by atoms with Crippen LogP contribution in [-0.4, -0.2) is 18.0 Å². The summed E-state index contributed by atoms with van der Waals surface area (Å²) >= 11 is 0. The molecule has 0 fully saturated rings. The van der Waals surface area contributed by atoms with Gasteiger partial charge in [-0.15, -0.1) is 4.91 Å². The average Bonchev–Trinajstić information content (AvgIpc) is 2.20. The molecule has 0 aliphatic carbocycles. The molecule has 0 aromatic heterocycles. The van der Waals surface area contributed by atoms with Crippen molar-refractivity contribution >= 4 is 5.91 Å². The van der Waals surface area contributed by atoms with Gasteiger partial charge < -0.3 is 0 Å². The monoisotopic (exact) mass is 192 g/mol. The molecule has 0 heterocycles. The summed E-state index contributed by atoms with van der Waals surface area (Å²) in [6, 6.07) is 5.28. The maximum Gasteiger partial charge on any atom is 0.276 e. The van der Waals surface area contributed by atoms with Gasteiger partial charge in [0.2, 0.25) is 0 Å². The highest BCUT2D eigenvalue weighted by atomic mass is 16.3. The van der Waals surface area contributed by atoms with E-state index in [1.165, 1.54) is 7.05 Å². The van der Waals surface area contributed by atoms with Gasteiger partial charge in [-0.1, -0.05) is 6.07 Å². The maximum atomic E-state index is 11.5. The van der Waals surface area contributed by atoms with E-state index in [2.05, 4.69) is 5.29 Å². The van der Waals surface area contributed by atoms with Crippen LogP contribution in [0.2, 0.25) is 0 Å². The van der Waals surface area contributed by atoms with Crippen LogP contribution in [-0.2, 0) is 0 Å². The molecule has 0 atom stereocenters. The van der Waals surface area contributed by atoms with E-state index >= 15 is 0 Å². The minimum atomic E-state index is -0.386. The number of nitrogens with zero attached hydrogens (tertiary/aromatic N) is 2. The summed E-state index contributed by atoms with van der Waals surface area (Å²) in [5.41, 5.74) is 2.62. The van der Waals surface area contributed by atoms with Gasteiger partial charge in [-0.05, 0) is 37.1 Å². The molecular formula is C10H12N2O2. The lowest BCUT2D eigenvalue weighted by atomic mass is 10.1. The summed E-state index contributed by atoms with van der Waals surface area (Å²) in [6.07, 6.45) is 0. The fraction of sp³-hybridized carbons (Fsp3) is 0.300.